The van der Waals surface area contributed by atoms with Gasteiger partial charge in [0.15, 0.2) is 0 Å². The SMILES string of the molecule is CC(C)(C)c1cccc2c1nc1[nH]c(CCN)cn12. The molecule has 0 fully saturated rings. The van der Waals surface area contributed by atoms with Gasteiger partial charge < -0.3 is 10.7 Å². The van der Waals surface area contributed by atoms with E-state index in [1.54, 1.807) is 0 Å². The number of nitrogens with two attached hydrogens (primary N) is 1. The normalized spacial score (nSPS) is 12.6. The number of imidazole rings is 2. The van der Waals surface area contributed by atoms with Crippen molar-refractivity contribution < 1.29 is 0 Å². The van der Waals surface area contributed by atoms with Crippen molar-refractivity contribution in [3.63, 3.8) is 0 Å². The Morgan fingerprint density at radius 2 is 2.11 bits per heavy atom. The second-order valence-electron chi connectivity index (χ2n) is 6.05. The fourth-order valence-electron chi connectivity index (χ4n) is 2.56. The molecule has 2 heterocycles. The minimum atomic E-state index is 0.0962. The highest BCUT2D eigenvalue weighted by molar-refractivity contribution is 5.83. The van der Waals surface area contributed by atoms with E-state index < -0.39 is 0 Å². The third-order valence-electron chi connectivity index (χ3n) is 3.50. The minimum absolute atomic E-state index is 0.0962. The molecule has 0 aliphatic carbocycles. The van der Waals surface area contributed by atoms with Crippen molar-refractivity contribution in [3.8, 4) is 0 Å². The topological polar surface area (TPSA) is 59.1 Å². The number of nitrogens with one attached hydrogen (secondary N) is 1. The molecule has 3 N–H and O–H groups in total. The van der Waals surface area contributed by atoms with E-state index in [2.05, 4.69) is 54.6 Å². The number of benzene rings is 1. The summed E-state index contributed by atoms with van der Waals surface area (Å²) in [6.07, 6.45) is 2.95. The molecule has 0 bridgehead atoms. The van der Waals surface area contributed by atoms with Gasteiger partial charge >= 0.3 is 0 Å². The highest BCUT2D eigenvalue weighted by atomic mass is 15.1. The first kappa shape index (κ1) is 12.2. The Balaban J connectivity index is 2.27. The molecule has 0 saturated heterocycles. The van der Waals surface area contributed by atoms with Crippen molar-refractivity contribution in [3.05, 3.63) is 35.7 Å². The maximum Gasteiger partial charge on any atom is 0.212 e. The maximum atomic E-state index is 5.60. The summed E-state index contributed by atoms with van der Waals surface area (Å²) >= 11 is 0. The predicted molar refractivity (Wildman–Crippen MR) is 78.5 cm³/mol. The number of H-pyrrole nitrogens is 1. The zero-order valence-corrected chi connectivity index (χ0v) is 11.7. The van der Waals surface area contributed by atoms with Crippen LogP contribution in [0.15, 0.2) is 24.4 Å². The summed E-state index contributed by atoms with van der Waals surface area (Å²) in [7, 11) is 0. The molecule has 0 amide bonds. The monoisotopic (exact) mass is 256 g/mol. The van der Waals surface area contributed by atoms with Gasteiger partial charge in [0, 0.05) is 18.3 Å². The molecular formula is C15H20N4. The van der Waals surface area contributed by atoms with Gasteiger partial charge in [0.2, 0.25) is 5.78 Å². The summed E-state index contributed by atoms with van der Waals surface area (Å²) in [4.78, 5) is 8.09. The van der Waals surface area contributed by atoms with Crippen LogP contribution in [0.3, 0.4) is 0 Å². The van der Waals surface area contributed by atoms with Gasteiger partial charge in [-0.05, 0) is 23.6 Å². The summed E-state index contributed by atoms with van der Waals surface area (Å²) < 4.78 is 2.12. The molecule has 4 nitrogen and oxygen atoms in total. The molecular weight excluding hydrogens is 236 g/mol. The quantitative estimate of drug-likeness (QED) is 0.740. The molecule has 0 saturated carbocycles. The number of fused-ring (bicyclic) bond motifs is 3. The van der Waals surface area contributed by atoms with Crippen LogP contribution in [0.1, 0.15) is 32.0 Å². The van der Waals surface area contributed by atoms with Crippen LogP contribution in [0.5, 0.6) is 0 Å². The zero-order chi connectivity index (χ0) is 13.6. The molecule has 1 aromatic carbocycles. The maximum absolute atomic E-state index is 5.60. The molecule has 0 radical (unpaired) electrons. The average molecular weight is 256 g/mol. The zero-order valence-electron chi connectivity index (χ0n) is 11.7. The molecule has 100 valence electrons. The van der Waals surface area contributed by atoms with E-state index in [1.165, 1.54) is 5.56 Å². The lowest BCUT2D eigenvalue weighted by Crippen LogP contribution is -2.11. The summed E-state index contributed by atoms with van der Waals surface area (Å²) in [5, 5.41) is 0. The van der Waals surface area contributed by atoms with Crippen LogP contribution in [-0.2, 0) is 11.8 Å². The molecule has 3 rings (SSSR count). The molecule has 0 unspecified atom stereocenters. The molecule has 2 aromatic heterocycles. The summed E-state index contributed by atoms with van der Waals surface area (Å²) in [5.74, 6) is 0.898. The van der Waals surface area contributed by atoms with Crippen LogP contribution >= 0.6 is 0 Å². The number of para-hydroxylation sites is 1. The van der Waals surface area contributed by atoms with E-state index in [0.717, 1.165) is 28.9 Å². The molecule has 4 heteroatoms. The number of aromatic amines is 1. The Hall–Kier alpha value is -1.81. The van der Waals surface area contributed by atoms with Gasteiger partial charge in [0.25, 0.3) is 0 Å². The standard InChI is InChI=1S/C15H20N4/c1-15(2,3)11-5-4-6-12-13(11)18-14-17-10(7-8-16)9-19(12)14/h4-6,9H,7-8,16H2,1-3H3,(H,17,18). The lowest BCUT2D eigenvalue weighted by atomic mass is 9.86. The Bertz CT molecular complexity index is 728. The largest absolute Gasteiger partial charge is 0.330 e. The third-order valence-corrected chi connectivity index (χ3v) is 3.50. The minimum Gasteiger partial charge on any atom is -0.330 e. The second kappa shape index (κ2) is 4.10. The van der Waals surface area contributed by atoms with Gasteiger partial charge in [-0.2, -0.15) is 0 Å². The first-order chi connectivity index (χ1) is 9.00. The average Bonchev–Trinajstić information content (AvgIpc) is 2.84. The lowest BCUT2D eigenvalue weighted by Gasteiger charge is -2.19. The number of rotatable bonds is 2. The van der Waals surface area contributed by atoms with E-state index in [1.807, 2.05) is 0 Å². The van der Waals surface area contributed by atoms with Crippen molar-refractivity contribution in [1.29, 1.82) is 0 Å². The Morgan fingerprint density at radius 1 is 1.32 bits per heavy atom. The molecule has 0 aliphatic heterocycles. The molecule has 19 heavy (non-hydrogen) atoms. The van der Waals surface area contributed by atoms with E-state index in [0.29, 0.717) is 6.54 Å². The van der Waals surface area contributed by atoms with Crippen LogP contribution in [-0.4, -0.2) is 20.9 Å². The summed E-state index contributed by atoms with van der Waals surface area (Å²) in [5.41, 5.74) is 10.3. The predicted octanol–water partition coefficient (Wildman–Crippen LogP) is 2.61. The van der Waals surface area contributed by atoms with E-state index >= 15 is 0 Å². The number of hydrogen-bond acceptors (Lipinski definition) is 2. The van der Waals surface area contributed by atoms with Gasteiger partial charge in [0.05, 0.1) is 11.0 Å². The van der Waals surface area contributed by atoms with E-state index in [4.69, 9.17) is 10.7 Å². The van der Waals surface area contributed by atoms with Crippen molar-refractivity contribution in [2.75, 3.05) is 6.54 Å². The summed E-state index contributed by atoms with van der Waals surface area (Å²) in [6.45, 7) is 7.30. The van der Waals surface area contributed by atoms with Crippen molar-refractivity contribution in [2.45, 2.75) is 32.6 Å². The van der Waals surface area contributed by atoms with E-state index in [9.17, 15) is 0 Å². The van der Waals surface area contributed by atoms with Crippen LogP contribution in [0.2, 0.25) is 0 Å². The van der Waals surface area contributed by atoms with Crippen LogP contribution in [0, 0.1) is 0 Å². The molecule has 3 aromatic rings. The molecule has 0 spiro atoms. The molecule has 0 aliphatic rings. The Labute approximate surface area is 112 Å². The Kier molecular flexibility index (Phi) is 2.64. The Morgan fingerprint density at radius 3 is 2.79 bits per heavy atom. The van der Waals surface area contributed by atoms with Gasteiger partial charge in [-0.3, -0.25) is 4.40 Å². The summed E-state index contributed by atoms with van der Waals surface area (Å²) in [6, 6.07) is 6.38. The van der Waals surface area contributed by atoms with Crippen LogP contribution < -0.4 is 5.73 Å². The van der Waals surface area contributed by atoms with Crippen molar-refractivity contribution in [1.82, 2.24) is 14.4 Å². The van der Waals surface area contributed by atoms with E-state index in [-0.39, 0.29) is 5.41 Å². The smallest absolute Gasteiger partial charge is 0.212 e. The number of hydrogen-bond donors (Lipinski definition) is 2. The first-order valence-corrected chi connectivity index (χ1v) is 6.70. The highest BCUT2D eigenvalue weighted by Crippen LogP contribution is 2.30. The second-order valence-corrected chi connectivity index (χ2v) is 6.05. The molecule has 0 atom stereocenters. The highest BCUT2D eigenvalue weighted by Gasteiger charge is 2.19. The lowest BCUT2D eigenvalue weighted by molar-refractivity contribution is 0.595. The van der Waals surface area contributed by atoms with Gasteiger partial charge in [-0.25, -0.2) is 4.98 Å². The van der Waals surface area contributed by atoms with Crippen molar-refractivity contribution in [2.24, 2.45) is 5.73 Å². The van der Waals surface area contributed by atoms with Gasteiger partial charge in [-0.15, -0.1) is 0 Å². The fraction of sp³-hybridized carbons (Fsp3) is 0.400. The third kappa shape index (κ3) is 1.92. The first-order valence-electron chi connectivity index (χ1n) is 6.70. The van der Waals surface area contributed by atoms with Gasteiger partial charge in [0.1, 0.15) is 0 Å². The van der Waals surface area contributed by atoms with Crippen molar-refractivity contribution >= 4 is 16.8 Å². The number of nitrogens with zero attached hydrogens (tertiary/aromatic N) is 2. The van der Waals surface area contributed by atoms with Gasteiger partial charge in [-0.1, -0.05) is 32.9 Å². The van der Waals surface area contributed by atoms with Crippen LogP contribution in [0.4, 0.5) is 0 Å². The fourth-order valence-corrected chi connectivity index (χ4v) is 2.56. The number of aromatic nitrogens is 3. The van der Waals surface area contributed by atoms with Crippen LogP contribution in [0.25, 0.3) is 16.8 Å².